The molecule has 2 bridgehead atoms. The standard InChI is InChI=1S/C19H34O3/c1-13-6-9-18-10-15(19(22,11-18)12-20)4-5-16(18)17(13,3)8-7-14(2)21/h13-16,20-22H,4-12H2,1-3H3/t13?,14?,15-,16?,17-,18+,19+/m1/s1. The summed E-state index contributed by atoms with van der Waals surface area (Å²) in [5.41, 5.74) is -0.332. The van der Waals surface area contributed by atoms with Crippen LogP contribution in [0, 0.1) is 28.6 Å². The summed E-state index contributed by atoms with van der Waals surface area (Å²) in [5, 5.41) is 30.4. The highest BCUT2D eigenvalue weighted by Crippen LogP contribution is 2.69. The molecule has 3 aliphatic carbocycles. The molecule has 128 valence electrons. The minimum Gasteiger partial charge on any atom is -0.393 e. The Morgan fingerprint density at radius 1 is 1.23 bits per heavy atom. The zero-order valence-electron chi connectivity index (χ0n) is 14.5. The van der Waals surface area contributed by atoms with Crippen LogP contribution in [0.4, 0.5) is 0 Å². The Morgan fingerprint density at radius 3 is 2.59 bits per heavy atom. The maximum Gasteiger partial charge on any atom is 0.0910 e. The van der Waals surface area contributed by atoms with Crippen molar-refractivity contribution in [1.29, 1.82) is 0 Å². The molecule has 0 amide bonds. The van der Waals surface area contributed by atoms with Gasteiger partial charge in [0.2, 0.25) is 0 Å². The Kier molecular flexibility index (Phi) is 4.15. The number of aliphatic hydroxyl groups is 3. The smallest absolute Gasteiger partial charge is 0.0910 e. The molecule has 3 fully saturated rings. The van der Waals surface area contributed by atoms with Crippen molar-refractivity contribution >= 4 is 0 Å². The van der Waals surface area contributed by atoms with Gasteiger partial charge in [0.1, 0.15) is 0 Å². The number of hydrogen-bond acceptors (Lipinski definition) is 3. The third-order valence-corrected chi connectivity index (χ3v) is 7.99. The van der Waals surface area contributed by atoms with E-state index >= 15 is 0 Å². The lowest BCUT2D eigenvalue weighted by molar-refractivity contribution is -0.0893. The fraction of sp³-hybridized carbons (Fsp3) is 1.00. The van der Waals surface area contributed by atoms with E-state index in [1.807, 2.05) is 6.92 Å². The largest absolute Gasteiger partial charge is 0.393 e. The molecular weight excluding hydrogens is 276 g/mol. The van der Waals surface area contributed by atoms with Gasteiger partial charge in [-0.25, -0.2) is 0 Å². The van der Waals surface area contributed by atoms with Crippen LogP contribution in [0.2, 0.25) is 0 Å². The summed E-state index contributed by atoms with van der Waals surface area (Å²) in [4.78, 5) is 0. The lowest BCUT2D eigenvalue weighted by atomic mass is 9.47. The van der Waals surface area contributed by atoms with Crippen LogP contribution in [0.3, 0.4) is 0 Å². The van der Waals surface area contributed by atoms with Gasteiger partial charge in [0, 0.05) is 0 Å². The van der Waals surface area contributed by atoms with Gasteiger partial charge in [-0.1, -0.05) is 13.8 Å². The van der Waals surface area contributed by atoms with Crippen LogP contribution in [0.15, 0.2) is 0 Å². The lowest BCUT2D eigenvalue weighted by Gasteiger charge is -2.58. The van der Waals surface area contributed by atoms with Gasteiger partial charge in [0.25, 0.3) is 0 Å². The molecule has 1 spiro atoms. The van der Waals surface area contributed by atoms with Crippen molar-refractivity contribution in [3.63, 3.8) is 0 Å². The van der Waals surface area contributed by atoms with E-state index in [1.165, 1.54) is 19.3 Å². The summed E-state index contributed by atoms with van der Waals surface area (Å²) in [6, 6.07) is 0. The molecule has 3 unspecified atom stereocenters. The minimum atomic E-state index is -0.833. The molecule has 3 saturated carbocycles. The average molecular weight is 310 g/mol. The van der Waals surface area contributed by atoms with Crippen molar-refractivity contribution in [2.24, 2.45) is 28.6 Å². The molecule has 22 heavy (non-hydrogen) atoms. The Morgan fingerprint density at radius 2 is 1.95 bits per heavy atom. The van der Waals surface area contributed by atoms with E-state index in [0.29, 0.717) is 17.8 Å². The van der Waals surface area contributed by atoms with Crippen molar-refractivity contribution in [3.8, 4) is 0 Å². The number of aliphatic hydroxyl groups excluding tert-OH is 2. The molecule has 3 N–H and O–H groups in total. The van der Waals surface area contributed by atoms with Crippen molar-refractivity contribution in [2.45, 2.75) is 83.8 Å². The highest BCUT2D eigenvalue weighted by atomic mass is 16.3. The molecule has 0 aromatic rings. The molecule has 0 aliphatic heterocycles. The summed E-state index contributed by atoms with van der Waals surface area (Å²) >= 11 is 0. The summed E-state index contributed by atoms with van der Waals surface area (Å²) < 4.78 is 0. The number of hydrogen-bond donors (Lipinski definition) is 3. The van der Waals surface area contributed by atoms with E-state index in [4.69, 9.17) is 0 Å². The minimum absolute atomic E-state index is 0.0773. The van der Waals surface area contributed by atoms with Gasteiger partial charge in [0.15, 0.2) is 0 Å². The molecule has 0 heterocycles. The van der Waals surface area contributed by atoms with Crippen molar-refractivity contribution in [2.75, 3.05) is 6.61 Å². The Hall–Kier alpha value is -0.120. The first-order valence-electron chi connectivity index (χ1n) is 9.27. The Labute approximate surface area is 135 Å². The summed E-state index contributed by atoms with van der Waals surface area (Å²) in [6.45, 7) is 6.63. The molecule has 0 aromatic heterocycles. The second-order valence-corrected chi connectivity index (χ2v) is 9.17. The second-order valence-electron chi connectivity index (χ2n) is 9.17. The van der Waals surface area contributed by atoms with Crippen LogP contribution in [0.5, 0.6) is 0 Å². The van der Waals surface area contributed by atoms with Gasteiger partial charge in [-0.2, -0.15) is 0 Å². The number of fused-ring (bicyclic) bond motifs is 1. The predicted octanol–water partition coefficient (Wildman–Crippen LogP) is 3.11. The van der Waals surface area contributed by atoms with E-state index in [9.17, 15) is 15.3 Å². The van der Waals surface area contributed by atoms with Gasteiger partial charge < -0.3 is 15.3 Å². The van der Waals surface area contributed by atoms with Gasteiger partial charge in [-0.3, -0.25) is 0 Å². The van der Waals surface area contributed by atoms with Crippen molar-refractivity contribution < 1.29 is 15.3 Å². The van der Waals surface area contributed by atoms with Gasteiger partial charge >= 0.3 is 0 Å². The van der Waals surface area contributed by atoms with E-state index in [2.05, 4.69) is 13.8 Å². The van der Waals surface area contributed by atoms with E-state index in [1.54, 1.807) is 0 Å². The Bertz CT molecular complexity index is 423. The molecule has 7 atom stereocenters. The normalized spacial score (nSPS) is 52.4. The molecule has 0 aromatic carbocycles. The fourth-order valence-corrected chi connectivity index (χ4v) is 6.51. The molecule has 3 nitrogen and oxygen atoms in total. The van der Waals surface area contributed by atoms with Crippen LogP contribution in [-0.2, 0) is 0 Å². The van der Waals surface area contributed by atoms with E-state index in [0.717, 1.165) is 32.1 Å². The van der Waals surface area contributed by atoms with Crippen LogP contribution in [-0.4, -0.2) is 33.6 Å². The SMILES string of the molecule is CC(O)CC[C@]1(C)C(C)CC[C@@]23C[C@@H](CCC21)[C@@](O)(CO)C3. The van der Waals surface area contributed by atoms with Crippen molar-refractivity contribution in [3.05, 3.63) is 0 Å². The maximum absolute atomic E-state index is 10.9. The summed E-state index contributed by atoms with van der Waals surface area (Å²) in [6.07, 6.45) is 8.31. The topological polar surface area (TPSA) is 60.7 Å². The average Bonchev–Trinajstić information content (AvgIpc) is 2.70. The molecule has 0 saturated heterocycles. The first-order valence-corrected chi connectivity index (χ1v) is 9.27. The second kappa shape index (κ2) is 5.46. The lowest BCUT2D eigenvalue weighted by Crippen LogP contribution is -2.50. The van der Waals surface area contributed by atoms with E-state index in [-0.39, 0.29) is 23.5 Å². The van der Waals surface area contributed by atoms with Crippen LogP contribution >= 0.6 is 0 Å². The van der Waals surface area contributed by atoms with Crippen molar-refractivity contribution in [1.82, 2.24) is 0 Å². The van der Waals surface area contributed by atoms with Crippen LogP contribution in [0.1, 0.15) is 72.1 Å². The molecule has 3 rings (SSSR count). The van der Waals surface area contributed by atoms with Crippen LogP contribution < -0.4 is 0 Å². The fourth-order valence-electron chi connectivity index (χ4n) is 6.51. The molecule has 3 aliphatic rings. The maximum atomic E-state index is 10.9. The van der Waals surface area contributed by atoms with Gasteiger partial charge in [-0.05, 0) is 86.9 Å². The monoisotopic (exact) mass is 310 g/mol. The summed E-state index contributed by atoms with van der Waals surface area (Å²) in [7, 11) is 0. The quantitative estimate of drug-likeness (QED) is 0.747. The zero-order valence-corrected chi connectivity index (χ0v) is 14.5. The van der Waals surface area contributed by atoms with Gasteiger partial charge in [0.05, 0.1) is 18.3 Å². The predicted molar refractivity (Wildman–Crippen MR) is 87.3 cm³/mol. The summed E-state index contributed by atoms with van der Waals surface area (Å²) in [5.74, 6) is 1.61. The molecular formula is C19H34O3. The molecule has 3 heteroatoms. The highest BCUT2D eigenvalue weighted by molar-refractivity contribution is 5.14. The number of rotatable bonds is 4. The molecule has 0 radical (unpaired) electrons. The first kappa shape index (κ1) is 16.7. The van der Waals surface area contributed by atoms with Gasteiger partial charge in [-0.15, -0.1) is 0 Å². The zero-order chi connectivity index (χ0) is 16.2. The third-order valence-electron chi connectivity index (χ3n) is 7.99. The highest BCUT2D eigenvalue weighted by Gasteiger charge is 2.64. The third kappa shape index (κ3) is 2.35. The van der Waals surface area contributed by atoms with E-state index < -0.39 is 5.60 Å². The Balaban J connectivity index is 1.88. The van der Waals surface area contributed by atoms with Crippen LogP contribution in [0.25, 0.3) is 0 Å². The first-order chi connectivity index (χ1) is 10.3.